The van der Waals surface area contributed by atoms with Crippen molar-refractivity contribution in [1.29, 1.82) is 5.26 Å². The lowest BCUT2D eigenvalue weighted by molar-refractivity contribution is 0.601. The average molecular weight is 328 g/mol. The molecule has 1 aromatic heterocycles. The summed E-state index contributed by atoms with van der Waals surface area (Å²) in [5.74, 6) is 0.107. The number of nitriles is 1. The van der Waals surface area contributed by atoms with Crippen molar-refractivity contribution in [3.05, 3.63) is 52.1 Å². The van der Waals surface area contributed by atoms with E-state index < -0.39 is 10.0 Å². The van der Waals surface area contributed by atoms with Crippen LogP contribution in [0.4, 0.5) is 5.82 Å². The van der Waals surface area contributed by atoms with Crippen LogP contribution in [0.1, 0.15) is 5.56 Å². The molecule has 0 amide bonds. The third-order valence-corrected chi connectivity index (χ3v) is 4.42. The molecule has 0 bridgehead atoms. The molecule has 0 aliphatic rings. The van der Waals surface area contributed by atoms with Crippen molar-refractivity contribution < 1.29 is 8.42 Å². The Hall–Kier alpha value is -1.81. The minimum atomic E-state index is -3.81. The minimum absolute atomic E-state index is 0.0296. The summed E-state index contributed by atoms with van der Waals surface area (Å²) in [5.41, 5.74) is 0.336. The number of benzene rings is 1. The maximum atomic E-state index is 12.1. The number of pyridine rings is 1. The molecule has 0 fully saturated rings. The number of nitrogens with one attached hydrogen (secondary N) is 1. The molecule has 1 N–H and O–H groups in total. The second-order valence-corrected chi connectivity index (χ2v) is 6.22. The molecule has 1 heterocycles. The lowest BCUT2D eigenvalue weighted by Crippen LogP contribution is -2.13. The fourth-order valence-electron chi connectivity index (χ4n) is 1.36. The molecule has 8 heteroatoms. The Kier molecular flexibility index (Phi) is 4.14. The van der Waals surface area contributed by atoms with E-state index in [0.717, 1.165) is 0 Å². The molecule has 0 saturated heterocycles. The molecule has 5 nitrogen and oxygen atoms in total. The zero-order chi connectivity index (χ0) is 14.8. The Morgan fingerprint density at radius 3 is 2.45 bits per heavy atom. The second-order valence-electron chi connectivity index (χ2n) is 3.73. The van der Waals surface area contributed by atoms with Gasteiger partial charge in [-0.15, -0.1) is 0 Å². The summed E-state index contributed by atoms with van der Waals surface area (Å²) in [6, 6.07) is 8.72. The van der Waals surface area contributed by atoms with Crippen LogP contribution in [0.25, 0.3) is 0 Å². The number of aromatic nitrogens is 1. The van der Waals surface area contributed by atoms with Gasteiger partial charge in [-0.25, -0.2) is 13.4 Å². The van der Waals surface area contributed by atoms with Gasteiger partial charge in [0.15, 0.2) is 0 Å². The van der Waals surface area contributed by atoms with Crippen molar-refractivity contribution in [3.63, 3.8) is 0 Å². The first-order valence-corrected chi connectivity index (χ1v) is 7.50. The van der Waals surface area contributed by atoms with E-state index in [1.807, 2.05) is 6.07 Å². The number of rotatable bonds is 3. The summed E-state index contributed by atoms with van der Waals surface area (Å²) in [4.78, 5) is 3.80. The molecule has 2 aromatic rings. The van der Waals surface area contributed by atoms with E-state index in [-0.39, 0.29) is 20.8 Å². The fraction of sp³-hybridized carbons (Fsp3) is 0. The maximum Gasteiger partial charge on any atom is 0.263 e. The molecule has 0 radical (unpaired) electrons. The highest BCUT2D eigenvalue weighted by atomic mass is 35.5. The molecular weight excluding hydrogens is 321 g/mol. The van der Waals surface area contributed by atoms with Gasteiger partial charge in [0, 0.05) is 6.20 Å². The first-order chi connectivity index (χ1) is 9.42. The largest absolute Gasteiger partial charge is 0.263 e. The maximum absolute atomic E-state index is 12.1. The van der Waals surface area contributed by atoms with Crippen molar-refractivity contribution in [2.75, 3.05) is 4.72 Å². The SMILES string of the molecule is N#Cc1ccc(NS(=O)(=O)c2ccc(Cl)c(Cl)c2)nc1. The highest BCUT2D eigenvalue weighted by Crippen LogP contribution is 2.25. The van der Waals surface area contributed by atoms with Gasteiger partial charge >= 0.3 is 0 Å². The van der Waals surface area contributed by atoms with Crippen LogP contribution in [0, 0.1) is 11.3 Å². The monoisotopic (exact) mass is 327 g/mol. The molecule has 0 saturated carbocycles. The molecule has 0 aliphatic heterocycles. The summed E-state index contributed by atoms with van der Waals surface area (Å²) >= 11 is 11.5. The Labute approximate surface area is 125 Å². The van der Waals surface area contributed by atoms with E-state index in [4.69, 9.17) is 28.5 Å². The Morgan fingerprint density at radius 2 is 1.90 bits per heavy atom. The average Bonchev–Trinajstić information content (AvgIpc) is 2.42. The summed E-state index contributed by atoms with van der Waals surface area (Å²) in [7, 11) is -3.81. The zero-order valence-corrected chi connectivity index (χ0v) is 12.2. The highest BCUT2D eigenvalue weighted by Gasteiger charge is 2.16. The third kappa shape index (κ3) is 3.20. The topological polar surface area (TPSA) is 82.9 Å². The Balaban J connectivity index is 2.30. The summed E-state index contributed by atoms with van der Waals surface area (Å²) in [6.45, 7) is 0. The zero-order valence-electron chi connectivity index (χ0n) is 9.84. The van der Waals surface area contributed by atoms with Crippen molar-refractivity contribution in [2.24, 2.45) is 0 Å². The van der Waals surface area contributed by atoms with Crippen LogP contribution in [0.2, 0.25) is 10.0 Å². The number of anilines is 1. The second kappa shape index (κ2) is 5.67. The molecular formula is C12H7Cl2N3O2S. The molecule has 0 spiro atoms. The number of halogens is 2. The van der Waals surface area contributed by atoms with Crippen LogP contribution in [0.15, 0.2) is 41.4 Å². The Morgan fingerprint density at radius 1 is 1.15 bits per heavy atom. The first-order valence-electron chi connectivity index (χ1n) is 5.26. The van der Waals surface area contributed by atoms with Gasteiger partial charge in [0.05, 0.1) is 20.5 Å². The molecule has 1 aromatic carbocycles. The van der Waals surface area contributed by atoms with Gasteiger partial charge in [-0.3, -0.25) is 4.72 Å². The van der Waals surface area contributed by atoms with Crippen LogP contribution >= 0.6 is 23.2 Å². The van der Waals surface area contributed by atoms with E-state index in [1.54, 1.807) is 0 Å². The van der Waals surface area contributed by atoms with Gasteiger partial charge in [0.25, 0.3) is 10.0 Å². The fourth-order valence-corrected chi connectivity index (χ4v) is 2.76. The normalized spacial score (nSPS) is 10.8. The van der Waals surface area contributed by atoms with E-state index in [1.165, 1.54) is 36.5 Å². The first kappa shape index (κ1) is 14.6. The third-order valence-electron chi connectivity index (χ3n) is 2.33. The standard InChI is InChI=1S/C12H7Cl2N3O2S/c13-10-3-2-9(5-11(10)14)20(18,19)17-12-4-1-8(6-15)7-16-12/h1-5,7H,(H,16,17). The lowest BCUT2D eigenvalue weighted by atomic mass is 10.3. The van der Waals surface area contributed by atoms with E-state index in [0.29, 0.717) is 5.56 Å². The van der Waals surface area contributed by atoms with Gasteiger partial charge < -0.3 is 0 Å². The van der Waals surface area contributed by atoms with Crippen LogP contribution in [-0.4, -0.2) is 13.4 Å². The molecule has 102 valence electrons. The number of nitrogens with zero attached hydrogens (tertiary/aromatic N) is 2. The smallest absolute Gasteiger partial charge is 0.263 e. The predicted molar refractivity (Wildman–Crippen MR) is 76.2 cm³/mol. The molecule has 0 aliphatic carbocycles. The van der Waals surface area contributed by atoms with Crippen molar-refractivity contribution in [1.82, 2.24) is 4.98 Å². The predicted octanol–water partition coefficient (Wildman–Crippen LogP) is 3.06. The van der Waals surface area contributed by atoms with Gasteiger partial charge in [0.1, 0.15) is 11.9 Å². The number of sulfonamides is 1. The van der Waals surface area contributed by atoms with E-state index >= 15 is 0 Å². The van der Waals surface area contributed by atoms with E-state index in [2.05, 4.69) is 9.71 Å². The summed E-state index contributed by atoms with van der Waals surface area (Å²) in [5, 5.41) is 9.05. The van der Waals surface area contributed by atoms with Crippen molar-refractivity contribution >= 4 is 39.0 Å². The number of hydrogen-bond acceptors (Lipinski definition) is 4. The van der Waals surface area contributed by atoms with Crippen molar-refractivity contribution in [2.45, 2.75) is 4.90 Å². The molecule has 2 rings (SSSR count). The lowest BCUT2D eigenvalue weighted by Gasteiger charge is -2.08. The van der Waals surface area contributed by atoms with Crippen LogP contribution in [-0.2, 0) is 10.0 Å². The molecule has 0 unspecified atom stereocenters. The minimum Gasteiger partial charge on any atom is -0.263 e. The van der Waals surface area contributed by atoms with Crippen LogP contribution in [0.3, 0.4) is 0 Å². The number of hydrogen-bond donors (Lipinski definition) is 1. The molecule has 0 atom stereocenters. The van der Waals surface area contributed by atoms with Gasteiger partial charge in [-0.2, -0.15) is 5.26 Å². The quantitative estimate of drug-likeness (QED) is 0.939. The van der Waals surface area contributed by atoms with Gasteiger partial charge in [-0.05, 0) is 30.3 Å². The summed E-state index contributed by atoms with van der Waals surface area (Å²) < 4.78 is 26.5. The molecule has 20 heavy (non-hydrogen) atoms. The highest BCUT2D eigenvalue weighted by molar-refractivity contribution is 7.92. The van der Waals surface area contributed by atoms with Gasteiger partial charge in [-0.1, -0.05) is 23.2 Å². The van der Waals surface area contributed by atoms with Crippen LogP contribution in [0.5, 0.6) is 0 Å². The van der Waals surface area contributed by atoms with Crippen LogP contribution < -0.4 is 4.72 Å². The van der Waals surface area contributed by atoms with Crippen molar-refractivity contribution in [3.8, 4) is 6.07 Å². The Bertz CT molecular complexity index is 783. The van der Waals surface area contributed by atoms with Gasteiger partial charge in [0.2, 0.25) is 0 Å². The summed E-state index contributed by atoms with van der Waals surface area (Å²) in [6.07, 6.45) is 1.27. The van der Waals surface area contributed by atoms with E-state index in [9.17, 15) is 8.42 Å².